The fourth-order valence-electron chi connectivity index (χ4n) is 1.42. The van der Waals surface area contributed by atoms with Crippen LogP contribution in [0.1, 0.15) is 0 Å². The second-order valence-electron chi connectivity index (χ2n) is 3.58. The average molecular weight is 279 g/mol. The van der Waals surface area contributed by atoms with Crippen LogP contribution in [0.15, 0.2) is 48.5 Å². The van der Waals surface area contributed by atoms with Gasteiger partial charge in [-0.2, -0.15) is 0 Å². The van der Waals surface area contributed by atoms with Crippen LogP contribution in [0.25, 0.3) is 0 Å². The van der Waals surface area contributed by atoms with Gasteiger partial charge < -0.3 is 15.7 Å². The van der Waals surface area contributed by atoms with Gasteiger partial charge in [0, 0.05) is 5.69 Å². The largest absolute Gasteiger partial charge is 0.504 e. The van der Waals surface area contributed by atoms with Crippen molar-refractivity contribution in [1.29, 1.82) is 0 Å². The van der Waals surface area contributed by atoms with Crippen LogP contribution in [0.3, 0.4) is 0 Å². The molecule has 2 rings (SSSR count). The Bertz CT molecular complexity index is 560. The fourth-order valence-corrected chi connectivity index (χ4v) is 1.82. The summed E-state index contributed by atoms with van der Waals surface area (Å²) in [4.78, 5) is 0. The molecule has 3 nitrogen and oxygen atoms in total. The number of para-hydroxylation sites is 2. The number of halogens is 1. The molecule has 0 fully saturated rings. The topological polar surface area (TPSA) is 44.3 Å². The Balaban J connectivity index is 2.06. The second kappa shape index (κ2) is 5.71. The predicted octanol–water partition coefficient (Wildman–Crippen LogP) is 3.85. The Morgan fingerprint density at radius 1 is 1.00 bits per heavy atom. The van der Waals surface area contributed by atoms with Gasteiger partial charge in [-0.05, 0) is 36.5 Å². The average Bonchev–Trinajstić information content (AvgIpc) is 2.36. The minimum Gasteiger partial charge on any atom is -0.504 e. The van der Waals surface area contributed by atoms with Gasteiger partial charge in [-0.1, -0.05) is 35.9 Å². The molecule has 0 atom stereocenters. The number of phenolic OH excluding ortho intramolecular Hbond substituents is 1. The van der Waals surface area contributed by atoms with Gasteiger partial charge in [0.15, 0.2) is 10.9 Å². The van der Waals surface area contributed by atoms with Crippen LogP contribution in [-0.2, 0) is 0 Å². The van der Waals surface area contributed by atoms with Crippen LogP contribution in [0.2, 0.25) is 5.02 Å². The monoisotopic (exact) mass is 278 g/mol. The van der Waals surface area contributed by atoms with Gasteiger partial charge in [0.25, 0.3) is 0 Å². The number of benzene rings is 2. The number of thiocarbonyl (C=S) groups is 1. The maximum Gasteiger partial charge on any atom is 0.175 e. The SMILES string of the molecule is Oc1c(Cl)cccc1NC(=S)Nc1ccccc1. The predicted molar refractivity (Wildman–Crippen MR) is 79.4 cm³/mol. The molecule has 5 heteroatoms. The quantitative estimate of drug-likeness (QED) is 0.577. The molecule has 2 aromatic carbocycles. The lowest BCUT2D eigenvalue weighted by Gasteiger charge is -2.12. The molecule has 0 unspecified atom stereocenters. The van der Waals surface area contributed by atoms with E-state index in [1.165, 1.54) is 0 Å². The summed E-state index contributed by atoms with van der Waals surface area (Å²) < 4.78 is 0. The van der Waals surface area contributed by atoms with Crippen molar-refractivity contribution in [2.75, 3.05) is 10.6 Å². The van der Waals surface area contributed by atoms with Crippen molar-refractivity contribution in [3.8, 4) is 5.75 Å². The van der Waals surface area contributed by atoms with Crippen LogP contribution in [-0.4, -0.2) is 10.2 Å². The van der Waals surface area contributed by atoms with Crippen molar-refractivity contribution in [3.05, 3.63) is 53.6 Å². The number of anilines is 2. The summed E-state index contributed by atoms with van der Waals surface area (Å²) in [7, 11) is 0. The lowest BCUT2D eigenvalue weighted by Crippen LogP contribution is -2.19. The number of hydrogen-bond donors (Lipinski definition) is 3. The molecule has 18 heavy (non-hydrogen) atoms. The normalized spacial score (nSPS) is 9.83. The molecule has 0 aliphatic rings. The smallest absolute Gasteiger partial charge is 0.175 e. The van der Waals surface area contributed by atoms with Crippen LogP contribution in [0.4, 0.5) is 11.4 Å². The highest BCUT2D eigenvalue weighted by Crippen LogP contribution is 2.31. The molecule has 0 aliphatic carbocycles. The molecule has 0 saturated carbocycles. The van der Waals surface area contributed by atoms with Gasteiger partial charge >= 0.3 is 0 Å². The summed E-state index contributed by atoms with van der Waals surface area (Å²) in [6.45, 7) is 0. The zero-order chi connectivity index (χ0) is 13.0. The molecular formula is C13H11ClN2OS. The first kappa shape index (κ1) is 12.7. The molecule has 3 N–H and O–H groups in total. The van der Waals surface area contributed by atoms with E-state index in [1.807, 2.05) is 30.3 Å². The van der Waals surface area contributed by atoms with Crippen LogP contribution in [0, 0.1) is 0 Å². The van der Waals surface area contributed by atoms with Crippen molar-refractivity contribution < 1.29 is 5.11 Å². The van der Waals surface area contributed by atoms with E-state index >= 15 is 0 Å². The highest BCUT2D eigenvalue weighted by Gasteiger charge is 2.06. The number of hydrogen-bond acceptors (Lipinski definition) is 2. The molecule has 0 aliphatic heterocycles. The van der Waals surface area contributed by atoms with E-state index in [-0.39, 0.29) is 10.8 Å². The maximum atomic E-state index is 9.73. The van der Waals surface area contributed by atoms with Gasteiger partial charge in [0.2, 0.25) is 0 Å². The summed E-state index contributed by atoms with van der Waals surface area (Å²) in [5.41, 5.74) is 1.34. The Kier molecular flexibility index (Phi) is 4.02. The van der Waals surface area contributed by atoms with Crippen molar-refractivity contribution in [3.63, 3.8) is 0 Å². The van der Waals surface area contributed by atoms with E-state index in [0.717, 1.165) is 5.69 Å². The Morgan fingerprint density at radius 2 is 1.72 bits per heavy atom. The zero-order valence-corrected chi connectivity index (χ0v) is 10.9. The molecule has 0 bridgehead atoms. The fraction of sp³-hybridized carbons (Fsp3) is 0. The summed E-state index contributed by atoms with van der Waals surface area (Å²) in [5, 5.41) is 16.3. The number of phenols is 1. The van der Waals surface area contributed by atoms with Crippen LogP contribution < -0.4 is 10.6 Å². The minimum absolute atomic E-state index is 0.0172. The second-order valence-corrected chi connectivity index (χ2v) is 4.40. The van der Waals surface area contributed by atoms with Crippen molar-refractivity contribution in [2.45, 2.75) is 0 Å². The van der Waals surface area contributed by atoms with Crippen molar-refractivity contribution in [1.82, 2.24) is 0 Å². The van der Waals surface area contributed by atoms with Crippen molar-refractivity contribution >= 4 is 40.3 Å². The Hall–Kier alpha value is -1.78. The third-order valence-electron chi connectivity index (χ3n) is 2.27. The van der Waals surface area contributed by atoms with Gasteiger partial charge in [0.05, 0.1) is 10.7 Å². The first-order chi connectivity index (χ1) is 8.66. The molecule has 0 amide bonds. The highest BCUT2D eigenvalue weighted by molar-refractivity contribution is 7.80. The lowest BCUT2D eigenvalue weighted by molar-refractivity contribution is 0.478. The molecule has 0 heterocycles. The van der Waals surface area contributed by atoms with Crippen molar-refractivity contribution in [2.24, 2.45) is 0 Å². The molecular weight excluding hydrogens is 268 g/mol. The third-order valence-corrected chi connectivity index (χ3v) is 2.78. The van der Waals surface area contributed by atoms with E-state index < -0.39 is 0 Å². The number of nitrogens with one attached hydrogen (secondary N) is 2. The van der Waals surface area contributed by atoms with E-state index in [1.54, 1.807) is 18.2 Å². The van der Waals surface area contributed by atoms with Gasteiger partial charge in [0.1, 0.15) is 0 Å². The van der Waals surface area contributed by atoms with Gasteiger partial charge in [-0.15, -0.1) is 0 Å². The van der Waals surface area contributed by atoms with Crippen LogP contribution in [0.5, 0.6) is 5.75 Å². The highest BCUT2D eigenvalue weighted by atomic mass is 35.5. The minimum atomic E-state index is -0.0172. The molecule has 92 valence electrons. The molecule has 0 aromatic heterocycles. The first-order valence-corrected chi connectivity index (χ1v) is 6.06. The van der Waals surface area contributed by atoms with Gasteiger partial charge in [-0.25, -0.2) is 0 Å². The number of rotatable bonds is 2. The molecule has 2 aromatic rings. The van der Waals surface area contributed by atoms with E-state index in [9.17, 15) is 5.11 Å². The lowest BCUT2D eigenvalue weighted by atomic mass is 10.3. The Morgan fingerprint density at radius 3 is 2.44 bits per heavy atom. The summed E-state index contributed by atoms with van der Waals surface area (Å²) in [6, 6.07) is 14.6. The molecule has 0 radical (unpaired) electrons. The Labute approximate surface area is 115 Å². The summed E-state index contributed by atoms with van der Waals surface area (Å²) >= 11 is 10.9. The number of aromatic hydroxyl groups is 1. The van der Waals surface area contributed by atoms with Gasteiger partial charge in [-0.3, -0.25) is 0 Å². The third kappa shape index (κ3) is 3.12. The van der Waals surface area contributed by atoms with Crippen LogP contribution >= 0.6 is 23.8 Å². The van der Waals surface area contributed by atoms with E-state index in [2.05, 4.69) is 10.6 Å². The zero-order valence-electron chi connectivity index (χ0n) is 9.35. The molecule has 0 saturated heterocycles. The summed E-state index contributed by atoms with van der Waals surface area (Å²) in [5.74, 6) is -0.0172. The summed E-state index contributed by atoms with van der Waals surface area (Å²) in [6.07, 6.45) is 0. The maximum absolute atomic E-state index is 9.73. The molecule has 0 spiro atoms. The van der Waals surface area contributed by atoms with E-state index in [0.29, 0.717) is 10.8 Å². The van der Waals surface area contributed by atoms with E-state index in [4.69, 9.17) is 23.8 Å². The first-order valence-electron chi connectivity index (χ1n) is 5.27. The standard InChI is InChI=1S/C13H11ClN2OS/c14-10-7-4-8-11(12(10)17)16-13(18)15-9-5-2-1-3-6-9/h1-8,17H,(H2,15,16,18).